The van der Waals surface area contributed by atoms with Crippen molar-refractivity contribution in [3.05, 3.63) is 35.9 Å². The topological polar surface area (TPSA) is 50.7 Å². The number of nitrogens with one attached hydrogen (secondary N) is 1. The van der Waals surface area contributed by atoms with Crippen molar-refractivity contribution in [2.45, 2.75) is 40.0 Å². The molecule has 0 aromatic carbocycles. The Kier molecular flexibility index (Phi) is 5.04. The maximum absolute atomic E-state index is 4.51. The van der Waals surface area contributed by atoms with E-state index >= 15 is 0 Å². The van der Waals surface area contributed by atoms with Gasteiger partial charge in [0, 0.05) is 30.1 Å². The van der Waals surface area contributed by atoms with Crippen molar-refractivity contribution in [1.29, 1.82) is 0 Å². The normalized spacial score (nSPS) is 10.6. The molecular formula is C16H22N4. The van der Waals surface area contributed by atoms with E-state index in [2.05, 4.69) is 41.0 Å². The Balaban J connectivity index is 2.49. The van der Waals surface area contributed by atoms with Crippen LogP contribution in [-0.2, 0) is 6.42 Å². The summed E-state index contributed by atoms with van der Waals surface area (Å²) in [7, 11) is 0. The molecule has 106 valence electrons. The standard InChI is InChI=1S/C16H22N4/c1-4-6-13-15(14-10-17-9-7-12(14)3)19-11-20-16(13)18-8-5-2/h7,9-11H,4-6,8H2,1-3H3,(H,18,19,20). The lowest BCUT2D eigenvalue weighted by molar-refractivity contribution is 0.891. The number of aromatic nitrogens is 3. The van der Waals surface area contributed by atoms with Crippen molar-refractivity contribution in [2.75, 3.05) is 11.9 Å². The summed E-state index contributed by atoms with van der Waals surface area (Å²) in [5, 5.41) is 3.41. The molecule has 2 rings (SSSR count). The Hall–Kier alpha value is -1.97. The van der Waals surface area contributed by atoms with Crippen LogP contribution in [0, 0.1) is 6.92 Å². The molecule has 0 fully saturated rings. The van der Waals surface area contributed by atoms with E-state index in [1.807, 2.05) is 18.5 Å². The molecule has 0 spiro atoms. The van der Waals surface area contributed by atoms with E-state index < -0.39 is 0 Å². The summed E-state index contributed by atoms with van der Waals surface area (Å²) in [6, 6.07) is 2.02. The fourth-order valence-corrected chi connectivity index (χ4v) is 2.24. The van der Waals surface area contributed by atoms with Gasteiger partial charge in [-0.2, -0.15) is 0 Å². The fourth-order valence-electron chi connectivity index (χ4n) is 2.24. The Bertz CT molecular complexity index is 566. The third-order valence-corrected chi connectivity index (χ3v) is 3.28. The second-order valence-corrected chi connectivity index (χ2v) is 4.92. The quantitative estimate of drug-likeness (QED) is 0.871. The van der Waals surface area contributed by atoms with Gasteiger partial charge in [0.25, 0.3) is 0 Å². The van der Waals surface area contributed by atoms with Crippen molar-refractivity contribution < 1.29 is 0 Å². The van der Waals surface area contributed by atoms with Crippen LogP contribution in [0.1, 0.15) is 37.8 Å². The maximum atomic E-state index is 4.51. The first kappa shape index (κ1) is 14.4. The van der Waals surface area contributed by atoms with Gasteiger partial charge in [-0.3, -0.25) is 4.98 Å². The minimum absolute atomic E-state index is 0.930. The van der Waals surface area contributed by atoms with Crippen molar-refractivity contribution in [1.82, 2.24) is 15.0 Å². The van der Waals surface area contributed by atoms with Crippen LogP contribution in [0.25, 0.3) is 11.3 Å². The number of aryl methyl sites for hydroxylation is 1. The molecule has 0 atom stereocenters. The van der Waals surface area contributed by atoms with E-state index in [9.17, 15) is 0 Å². The molecule has 0 amide bonds. The molecule has 2 heterocycles. The second kappa shape index (κ2) is 6.98. The number of rotatable bonds is 6. The molecule has 0 unspecified atom stereocenters. The third-order valence-electron chi connectivity index (χ3n) is 3.28. The lowest BCUT2D eigenvalue weighted by Crippen LogP contribution is -2.08. The van der Waals surface area contributed by atoms with Gasteiger partial charge in [0.15, 0.2) is 0 Å². The zero-order valence-corrected chi connectivity index (χ0v) is 12.5. The lowest BCUT2D eigenvalue weighted by Gasteiger charge is -2.14. The van der Waals surface area contributed by atoms with E-state index in [0.29, 0.717) is 0 Å². The van der Waals surface area contributed by atoms with Gasteiger partial charge < -0.3 is 5.32 Å². The number of hydrogen-bond acceptors (Lipinski definition) is 4. The van der Waals surface area contributed by atoms with Gasteiger partial charge in [-0.25, -0.2) is 9.97 Å². The number of hydrogen-bond donors (Lipinski definition) is 1. The predicted octanol–water partition coefficient (Wildman–Crippen LogP) is 3.62. The lowest BCUT2D eigenvalue weighted by atomic mass is 10.0. The van der Waals surface area contributed by atoms with Crippen LogP contribution in [0.4, 0.5) is 5.82 Å². The molecule has 2 aromatic rings. The van der Waals surface area contributed by atoms with Gasteiger partial charge in [0.2, 0.25) is 0 Å². The van der Waals surface area contributed by atoms with Crippen LogP contribution in [-0.4, -0.2) is 21.5 Å². The molecule has 4 heteroatoms. The summed E-state index contributed by atoms with van der Waals surface area (Å²) in [5.41, 5.74) is 4.49. The first-order chi connectivity index (χ1) is 9.77. The average molecular weight is 270 g/mol. The highest BCUT2D eigenvalue weighted by Gasteiger charge is 2.13. The molecular weight excluding hydrogens is 248 g/mol. The zero-order chi connectivity index (χ0) is 14.4. The molecule has 0 saturated carbocycles. The number of pyridine rings is 1. The Morgan fingerprint density at radius 2 is 2.00 bits per heavy atom. The smallest absolute Gasteiger partial charge is 0.133 e. The summed E-state index contributed by atoms with van der Waals surface area (Å²) in [5.74, 6) is 0.960. The number of anilines is 1. The maximum Gasteiger partial charge on any atom is 0.133 e. The fraction of sp³-hybridized carbons (Fsp3) is 0.438. The Labute approximate surface area is 120 Å². The molecule has 20 heavy (non-hydrogen) atoms. The molecule has 0 aliphatic carbocycles. The van der Waals surface area contributed by atoms with Crippen LogP contribution in [0.3, 0.4) is 0 Å². The summed E-state index contributed by atoms with van der Waals surface area (Å²) in [6.45, 7) is 7.35. The Morgan fingerprint density at radius 1 is 1.15 bits per heavy atom. The van der Waals surface area contributed by atoms with Gasteiger partial charge in [-0.05, 0) is 31.4 Å². The molecule has 2 aromatic heterocycles. The highest BCUT2D eigenvalue weighted by molar-refractivity contribution is 5.70. The van der Waals surface area contributed by atoms with Crippen LogP contribution in [0.2, 0.25) is 0 Å². The van der Waals surface area contributed by atoms with Crippen LogP contribution < -0.4 is 5.32 Å². The summed E-state index contributed by atoms with van der Waals surface area (Å²) in [4.78, 5) is 13.1. The van der Waals surface area contributed by atoms with Crippen LogP contribution in [0.5, 0.6) is 0 Å². The van der Waals surface area contributed by atoms with E-state index in [4.69, 9.17) is 0 Å². The minimum Gasteiger partial charge on any atom is -0.370 e. The van der Waals surface area contributed by atoms with Gasteiger partial charge in [-0.1, -0.05) is 20.3 Å². The zero-order valence-electron chi connectivity index (χ0n) is 12.5. The summed E-state index contributed by atoms with van der Waals surface area (Å²) < 4.78 is 0. The first-order valence-electron chi connectivity index (χ1n) is 7.26. The molecule has 0 saturated heterocycles. The van der Waals surface area contributed by atoms with Crippen LogP contribution >= 0.6 is 0 Å². The highest BCUT2D eigenvalue weighted by atomic mass is 15.0. The van der Waals surface area contributed by atoms with E-state index in [1.54, 1.807) is 6.33 Å². The van der Waals surface area contributed by atoms with Gasteiger partial charge in [-0.15, -0.1) is 0 Å². The molecule has 1 N–H and O–H groups in total. The summed E-state index contributed by atoms with van der Waals surface area (Å²) in [6.07, 6.45) is 8.46. The average Bonchev–Trinajstić information content (AvgIpc) is 2.47. The highest BCUT2D eigenvalue weighted by Crippen LogP contribution is 2.28. The minimum atomic E-state index is 0.930. The molecule has 0 radical (unpaired) electrons. The second-order valence-electron chi connectivity index (χ2n) is 4.92. The van der Waals surface area contributed by atoms with Crippen molar-refractivity contribution in [3.8, 4) is 11.3 Å². The molecule has 0 aliphatic heterocycles. The predicted molar refractivity (Wildman–Crippen MR) is 82.8 cm³/mol. The Morgan fingerprint density at radius 3 is 2.70 bits per heavy atom. The van der Waals surface area contributed by atoms with Crippen molar-refractivity contribution >= 4 is 5.82 Å². The molecule has 0 aliphatic rings. The van der Waals surface area contributed by atoms with Crippen molar-refractivity contribution in [2.24, 2.45) is 0 Å². The largest absolute Gasteiger partial charge is 0.370 e. The third kappa shape index (κ3) is 3.13. The van der Waals surface area contributed by atoms with Gasteiger partial charge in [0.1, 0.15) is 12.1 Å². The first-order valence-corrected chi connectivity index (χ1v) is 7.26. The van der Waals surface area contributed by atoms with Crippen molar-refractivity contribution in [3.63, 3.8) is 0 Å². The molecule has 4 nitrogen and oxygen atoms in total. The molecule has 0 bridgehead atoms. The van der Waals surface area contributed by atoms with Crippen LogP contribution in [0.15, 0.2) is 24.8 Å². The number of nitrogens with zero attached hydrogens (tertiary/aromatic N) is 3. The van der Waals surface area contributed by atoms with E-state index in [1.165, 1.54) is 11.1 Å². The SMILES string of the molecule is CCCNc1ncnc(-c2cnccc2C)c1CCC. The monoisotopic (exact) mass is 270 g/mol. The van der Waals surface area contributed by atoms with E-state index in [0.717, 1.165) is 42.9 Å². The van der Waals surface area contributed by atoms with Gasteiger partial charge in [0.05, 0.1) is 5.69 Å². The summed E-state index contributed by atoms with van der Waals surface area (Å²) >= 11 is 0. The van der Waals surface area contributed by atoms with E-state index in [-0.39, 0.29) is 0 Å². The van der Waals surface area contributed by atoms with Gasteiger partial charge >= 0.3 is 0 Å².